The molecule has 18 heavy (non-hydrogen) atoms. The maximum atomic E-state index is 13.0. The standard InChI is InChI=1S/C9H5F4N3O2/c10-7(11)9(12,13)8-14-5-2-1-4(16(17)18)3-6(5)15-8/h1-3,7H,(H,14,15). The predicted molar refractivity (Wildman–Crippen MR) is 52.6 cm³/mol. The molecule has 0 amide bonds. The van der Waals surface area contributed by atoms with Crippen molar-refractivity contribution < 1.29 is 22.5 Å². The Kier molecular flexibility index (Phi) is 2.68. The largest absolute Gasteiger partial charge is 0.363 e. The van der Waals surface area contributed by atoms with Crippen molar-refractivity contribution in [3.63, 3.8) is 0 Å². The molecule has 0 atom stereocenters. The van der Waals surface area contributed by atoms with Crippen LogP contribution in [0.4, 0.5) is 23.2 Å². The number of imidazole rings is 1. The van der Waals surface area contributed by atoms with Crippen LogP contribution in [0.15, 0.2) is 18.2 Å². The average molecular weight is 263 g/mol. The van der Waals surface area contributed by atoms with Gasteiger partial charge in [0.25, 0.3) is 5.69 Å². The van der Waals surface area contributed by atoms with Crippen molar-refractivity contribution >= 4 is 16.7 Å². The van der Waals surface area contributed by atoms with Gasteiger partial charge in [-0.05, 0) is 6.07 Å². The molecule has 96 valence electrons. The van der Waals surface area contributed by atoms with E-state index in [4.69, 9.17) is 0 Å². The second-order valence-corrected chi connectivity index (χ2v) is 3.47. The fourth-order valence-electron chi connectivity index (χ4n) is 1.37. The Balaban J connectivity index is 2.54. The van der Waals surface area contributed by atoms with E-state index in [1.807, 2.05) is 4.98 Å². The Bertz CT molecular complexity index is 611. The van der Waals surface area contributed by atoms with E-state index in [0.29, 0.717) is 0 Å². The Morgan fingerprint density at radius 2 is 2.06 bits per heavy atom. The van der Waals surface area contributed by atoms with Gasteiger partial charge < -0.3 is 4.98 Å². The minimum Gasteiger partial charge on any atom is -0.336 e. The van der Waals surface area contributed by atoms with Crippen LogP contribution in [-0.2, 0) is 5.92 Å². The molecule has 9 heteroatoms. The highest BCUT2D eigenvalue weighted by Gasteiger charge is 2.45. The highest BCUT2D eigenvalue weighted by Crippen LogP contribution is 2.34. The van der Waals surface area contributed by atoms with Crippen molar-refractivity contribution in [3.8, 4) is 0 Å². The number of rotatable bonds is 3. The van der Waals surface area contributed by atoms with E-state index < -0.39 is 23.1 Å². The number of alkyl halides is 4. The van der Waals surface area contributed by atoms with E-state index in [-0.39, 0.29) is 16.7 Å². The van der Waals surface area contributed by atoms with E-state index in [0.717, 1.165) is 18.2 Å². The van der Waals surface area contributed by atoms with Crippen LogP contribution in [0.25, 0.3) is 11.0 Å². The molecule has 2 aromatic rings. The van der Waals surface area contributed by atoms with Gasteiger partial charge >= 0.3 is 12.3 Å². The first-order valence-electron chi connectivity index (χ1n) is 4.63. The molecule has 1 aromatic carbocycles. The number of non-ortho nitro benzene ring substituents is 1. The summed E-state index contributed by atoms with van der Waals surface area (Å²) in [5.74, 6) is -5.64. The molecule has 0 aliphatic heterocycles. The molecule has 0 radical (unpaired) electrons. The van der Waals surface area contributed by atoms with Crippen molar-refractivity contribution in [2.24, 2.45) is 0 Å². The van der Waals surface area contributed by atoms with Crippen molar-refractivity contribution in [1.82, 2.24) is 9.97 Å². The van der Waals surface area contributed by atoms with Crippen LogP contribution in [0.1, 0.15) is 5.82 Å². The van der Waals surface area contributed by atoms with Gasteiger partial charge in [-0.2, -0.15) is 8.78 Å². The Labute approximate surface area is 96.6 Å². The number of nitrogens with one attached hydrogen (secondary N) is 1. The van der Waals surface area contributed by atoms with Crippen LogP contribution in [0.3, 0.4) is 0 Å². The first-order valence-corrected chi connectivity index (χ1v) is 4.63. The summed E-state index contributed by atoms with van der Waals surface area (Å²) in [4.78, 5) is 15.0. The second-order valence-electron chi connectivity index (χ2n) is 3.47. The first-order chi connectivity index (χ1) is 8.32. The van der Waals surface area contributed by atoms with Crippen molar-refractivity contribution in [1.29, 1.82) is 0 Å². The monoisotopic (exact) mass is 263 g/mol. The molecule has 0 aliphatic carbocycles. The fourth-order valence-corrected chi connectivity index (χ4v) is 1.37. The predicted octanol–water partition coefficient (Wildman–Crippen LogP) is 2.83. The number of hydrogen-bond acceptors (Lipinski definition) is 3. The first kappa shape index (κ1) is 12.3. The van der Waals surface area contributed by atoms with E-state index >= 15 is 0 Å². The lowest BCUT2D eigenvalue weighted by Crippen LogP contribution is -2.25. The molecule has 0 aliphatic rings. The maximum Gasteiger partial charge on any atom is 0.363 e. The highest BCUT2D eigenvalue weighted by molar-refractivity contribution is 5.77. The molecule has 0 unspecified atom stereocenters. The van der Waals surface area contributed by atoms with Crippen LogP contribution in [0.5, 0.6) is 0 Å². The SMILES string of the molecule is O=[N+]([O-])c1ccc2nc(C(F)(F)C(F)F)[nH]c2c1. The van der Waals surface area contributed by atoms with E-state index in [9.17, 15) is 27.7 Å². The van der Waals surface area contributed by atoms with Crippen molar-refractivity contribution in [2.75, 3.05) is 0 Å². The van der Waals surface area contributed by atoms with Gasteiger partial charge in [0.15, 0.2) is 5.82 Å². The van der Waals surface area contributed by atoms with Gasteiger partial charge in [-0.3, -0.25) is 10.1 Å². The van der Waals surface area contributed by atoms with Gasteiger partial charge in [0.1, 0.15) is 0 Å². The van der Waals surface area contributed by atoms with E-state index in [1.54, 1.807) is 0 Å². The zero-order valence-electron chi connectivity index (χ0n) is 8.53. The minimum atomic E-state index is -4.42. The number of H-pyrrole nitrogens is 1. The lowest BCUT2D eigenvalue weighted by Gasteiger charge is -2.11. The average Bonchev–Trinajstić information content (AvgIpc) is 2.71. The van der Waals surface area contributed by atoms with Gasteiger partial charge in [0, 0.05) is 12.1 Å². The minimum absolute atomic E-state index is 0.0454. The maximum absolute atomic E-state index is 13.0. The summed E-state index contributed by atoms with van der Waals surface area (Å²) >= 11 is 0. The number of aromatic nitrogens is 2. The second kappa shape index (κ2) is 3.93. The summed E-state index contributed by atoms with van der Waals surface area (Å²) in [6.07, 6.45) is -3.91. The Hall–Kier alpha value is -2.19. The number of benzene rings is 1. The van der Waals surface area contributed by atoms with Crippen LogP contribution >= 0.6 is 0 Å². The third-order valence-corrected chi connectivity index (χ3v) is 2.27. The molecule has 2 rings (SSSR count). The third-order valence-electron chi connectivity index (χ3n) is 2.27. The molecule has 1 aromatic heterocycles. The Morgan fingerprint density at radius 3 is 2.61 bits per heavy atom. The molecule has 0 saturated heterocycles. The van der Waals surface area contributed by atoms with Gasteiger partial charge in [-0.25, -0.2) is 13.8 Å². The van der Waals surface area contributed by atoms with Gasteiger partial charge in [0.05, 0.1) is 16.0 Å². The quantitative estimate of drug-likeness (QED) is 0.525. The molecule has 0 fully saturated rings. The summed E-state index contributed by atoms with van der Waals surface area (Å²) in [5.41, 5.74) is -0.492. The lowest BCUT2D eigenvalue weighted by atomic mass is 10.3. The van der Waals surface area contributed by atoms with Crippen LogP contribution in [0, 0.1) is 10.1 Å². The van der Waals surface area contributed by atoms with Crippen molar-refractivity contribution in [2.45, 2.75) is 12.3 Å². The van der Waals surface area contributed by atoms with Crippen LogP contribution in [-0.4, -0.2) is 21.3 Å². The molecule has 1 N–H and O–H groups in total. The number of aromatic amines is 1. The zero-order chi connectivity index (χ0) is 13.5. The summed E-state index contributed by atoms with van der Waals surface area (Å²) in [5, 5.41) is 10.5. The van der Waals surface area contributed by atoms with Crippen LogP contribution < -0.4 is 0 Å². The summed E-state index contributed by atoms with van der Waals surface area (Å²) in [6.45, 7) is 0. The Morgan fingerprint density at radius 1 is 1.39 bits per heavy atom. The molecule has 0 spiro atoms. The fraction of sp³-hybridized carbons (Fsp3) is 0.222. The zero-order valence-corrected chi connectivity index (χ0v) is 8.53. The normalized spacial score (nSPS) is 12.3. The number of nitrogens with zero attached hydrogens (tertiary/aromatic N) is 2. The molecular weight excluding hydrogens is 258 g/mol. The van der Waals surface area contributed by atoms with Gasteiger partial charge in [0.2, 0.25) is 0 Å². The number of hydrogen-bond donors (Lipinski definition) is 1. The number of nitro benzene ring substituents is 1. The topological polar surface area (TPSA) is 71.8 Å². The summed E-state index contributed by atoms with van der Waals surface area (Å²) < 4.78 is 50.2. The summed E-state index contributed by atoms with van der Waals surface area (Å²) in [6, 6.07) is 3.11. The highest BCUT2D eigenvalue weighted by atomic mass is 19.3. The van der Waals surface area contributed by atoms with E-state index in [2.05, 4.69) is 4.98 Å². The smallest absolute Gasteiger partial charge is 0.336 e. The van der Waals surface area contributed by atoms with Crippen LogP contribution in [0.2, 0.25) is 0 Å². The molecule has 1 heterocycles. The summed E-state index contributed by atoms with van der Waals surface area (Å²) in [7, 11) is 0. The number of nitro groups is 1. The molecule has 0 bridgehead atoms. The van der Waals surface area contributed by atoms with Crippen molar-refractivity contribution in [3.05, 3.63) is 34.1 Å². The van der Waals surface area contributed by atoms with Gasteiger partial charge in [-0.1, -0.05) is 0 Å². The number of halogens is 4. The number of fused-ring (bicyclic) bond motifs is 1. The molecule has 0 saturated carbocycles. The van der Waals surface area contributed by atoms with E-state index in [1.165, 1.54) is 0 Å². The molecular formula is C9H5F4N3O2. The van der Waals surface area contributed by atoms with Gasteiger partial charge in [-0.15, -0.1) is 0 Å². The lowest BCUT2D eigenvalue weighted by molar-refractivity contribution is -0.384. The third kappa shape index (κ3) is 1.87. The molecule has 5 nitrogen and oxygen atoms in total.